The number of halogens is 4. The average Bonchev–Trinajstić information content (AvgIpc) is 2.66. The molecule has 1 unspecified atom stereocenters. The molecule has 1 N–H and O–H groups in total. The molecule has 1 aromatic carbocycles. The molecule has 0 radical (unpaired) electrons. The number of hydrogen-bond acceptors (Lipinski definition) is 5. The van der Waals surface area contributed by atoms with Crippen LogP contribution in [0.1, 0.15) is 51.2 Å². The van der Waals surface area contributed by atoms with E-state index in [9.17, 15) is 27.6 Å². The number of hydrogen-bond donors (Lipinski definition) is 1. The van der Waals surface area contributed by atoms with E-state index in [1.807, 2.05) is 6.07 Å². The summed E-state index contributed by atoms with van der Waals surface area (Å²) >= 11 is 0. The van der Waals surface area contributed by atoms with Gasteiger partial charge < -0.3 is 14.8 Å². The van der Waals surface area contributed by atoms with Gasteiger partial charge in [0.2, 0.25) is 0 Å². The van der Waals surface area contributed by atoms with Crippen LogP contribution in [0.5, 0.6) is 0 Å². The summed E-state index contributed by atoms with van der Waals surface area (Å²) in [4.78, 5) is 13.2. The maximum Gasteiger partial charge on any atom is 0.416 e. The highest BCUT2D eigenvalue weighted by atomic mass is 19.4. The van der Waals surface area contributed by atoms with E-state index in [1.165, 1.54) is 14.0 Å². The fourth-order valence-corrected chi connectivity index (χ4v) is 3.26. The summed E-state index contributed by atoms with van der Waals surface area (Å²) in [5, 5.41) is 12.6. The Kier molecular flexibility index (Phi) is 7.17. The van der Waals surface area contributed by atoms with Crippen LogP contribution in [0.3, 0.4) is 0 Å². The lowest BCUT2D eigenvalue weighted by Gasteiger charge is -2.33. The molecule has 31 heavy (non-hydrogen) atoms. The minimum absolute atomic E-state index is 0.0989. The second-order valence-corrected chi connectivity index (χ2v) is 7.77. The SMILES string of the molecule is CCC(C)(C)OC(=O)C1=C(COC)NC(C)=C(C#N)C1c1ccc(F)cc1C(F)(F)F. The van der Waals surface area contributed by atoms with E-state index < -0.39 is 40.6 Å². The minimum Gasteiger partial charge on any atom is -0.456 e. The molecule has 0 spiro atoms. The summed E-state index contributed by atoms with van der Waals surface area (Å²) in [6, 6.07) is 4.06. The highest BCUT2D eigenvalue weighted by Crippen LogP contribution is 2.44. The van der Waals surface area contributed by atoms with Gasteiger partial charge in [0.05, 0.1) is 41.0 Å². The number of esters is 1. The third-order valence-corrected chi connectivity index (χ3v) is 5.13. The summed E-state index contributed by atoms with van der Waals surface area (Å²) in [5.74, 6) is -3.37. The Hall–Kier alpha value is -2.86. The molecule has 1 aliphatic rings. The molecule has 0 aromatic heterocycles. The monoisotopic (exact) mass is 440 g/mol. The van der Waals surface area contributed by atoms with Crippen LogP contribution in [0.2, 0.25) is 0 Å². The van der Waals surface area contributed by atoms with Gasteiger partial charge in [-0.3, -0.25) is 0 Å². The molecule has 0 saturated carbocycles. The Morgan fingerprint density at radius 1 is 1.29 bits per heavy atom. The summed E-state index contributed by atoms with van der Waals surface area (Å²) < 4.78 is 65.7. The molecule has 1 aromatic rings. The maximum absolute atomic E-state index is 13.8. The lowest BCUT2D eigenvalue weighted by Crippen LogP contribution is -2.36. The quantitative estimate of drug-likeness (QED) is 0.500. The third kappa shape index (κ3) is 5.25. The van der Waals surface area contributed by atoms with E-state index in [0.717, 1.165) is 12.1 Å². The Morgan fingerprint density at radius 3 is 2.45 bits per heavy atom. The number of nitriles is 1. The summed E-state index contributed by atoms with van der Waals surface area (Å²) in [7, 11) is 1.36. The highest BCUT2D eigenvalue weighted by Gasteiger charge is 2.42. The summed E-state index contributed by atoms with van der Waals surface area (Å²) in [6.07, 6.45) is -4.45. The largest absolute Gasteiger partial charge is 0.456 e. The van der Waals surface area contributed by atoms with Crippen LogP contribution in [0.25, 0.3) is 0 Å². The molecular weight excluding hydrogens is 416 g/mol. The predicted octanol–water partition coefficient (Wildman–Crippen LogP) is 4.96. The number of rotatable bonds is 6. The number of nitrogens with zero attached hydrogens (tertiary/aromatic N) is 1. The van der Waals surface area contributed by atoms with Gasteiger partial charge in [0.1, 0.15) is 11.4 Å². The topological polar surface area (TPSA) is 71.3 Å². The molecule has 168 valence electrons. The van der Waals surface area contributed by atoms with E-state index in [4.69, 9.17) is 9.47 Å². The van der Waals surface area contributed by atoms with Crippen LogP contribution in [0, 0.1) is 17.1 Å². The lowest BCUT2D eigenvalue weighted by molar-refractivity contribution is -0.152. The van der Waals surface area contributed by atoms with Crippen molar-refractivity contribution in [3.8, 4) is 6.07 Å². The van der Waals surface area contributed by atoms with Crippen molar-refractivity contribution < 1.29 is 31.8 Å². The van der Waals surface area contributed by atoms with Crippen molar-refractivity contribution in [2.24, 2.45) is 0 Å². The van der Waals surface area contributed by atoms with Crippen molar-refractivity contribution in [1.82, 2.24) is 5.32 Å². The summed E-state index contributed by atoms with van der Waals surface area (Å²) in [5.41, 5.74) is -2.41. The molecule has 0 amide bonds. The molecule has 1 heterocycles. The van der Waals surface area contributed by atoms with Crippen molar-refractivity contribution >= 4 is 5.97 Å². The van der Waals surface area contributed by atoms with E-state index in [2.05, 4.69) is 5.32 Å². The van der Waals surface area contributed by atoms with Crippen molar-refractivity contribution in [1.29, 1.82) is 5.26 Å². The van der Waals surface area contributed by atoms with Gasteiger partial charge in [-0.15, -0.1) is 0 Å². The number of alkyl halides is 3. The van der Waals surface area contributed by atoms with Gasteiger partial charge in [-0.25, -0.2) is 9.18 Å². The normalized spacial score (nSPS) is 17.4. The fourth-order valence-electron chi connectivity index (χ4n) is 3.26. The van der Waals surface area contributed by atoms with E-state index in [-0.39, 0.29) is 29.1 Å². The second kappa shape index (κ2) is 9.10. The standard InChI is InChI=1S/C22H24F4N2O3/c1-6-21(3,4)31-20(29)19-17(11-30-5)28-12(2)15(10-27)18(19)14-8-7-13(23)9-16(14)22(24,25)26/h7-9,18,28H,6,11H2,1-5H3. The second-order valence-electron chi connectivity index (χ2n) is 7.77. The van der Waals surface area contributed by atoms with Gasteiger partial charge in [-0.2, -0.15) is 18.4 Å². The molecule has 1 aliphatic heterocycles. The zero-order valence-electron chi connectivity index (χ0n) is 17.9. The van der Waals surface area contributed by atoms with E-state index in [0.29, 0.717) is 12.5 Å². The molecule has 2 rings (SSSR count). The number of ether oxygens (including phenoxy) is 2. The van der Waals surface area contributed by atoms with Crippen LogP contribution in [0.15, 0.2) is 40.7 Å². The van der Waals surface area contributed by atoms with Crippen LogP contribution in [-0.2, 0) is 20.4 Å². The molecule has 9 heteroatoms. The van der Waals surface area contributed by atoms with Crippen LogP contribution in [0.4, 0.5) is 17.6 Å². The number of dihydropyridines is 1. The number of benzene rings is 1. The first kappa shape index (κ1) is 24.4. The number of carbonyl (C=O) groups excluding carboxylic acids is 1. The molecular formula is C22H24F4N2O3. The van der Waals surface area contributed by atoms with Gasteiger partial charge in [-0.05, 0) is 44.9 Å². The van der Waals surface area contributed by atoms with Crippen LogP contribution in [-0.4, -0.2) is 25.3 Å². The summed E-state index contributed by atoms with van der Waals surface area (Å²) in [6.45, 7) is 6.50. The molecule has 5 nitrogen and oxygen atoms in total. The van der Waals surface area contributed by atoms with Gasteiger partial charge in [0.25, 0.3) is 0 Å². The van der Waals surface area contributed by atoms with Gasteiger partial charge in [-0.1, -0.05) is 13.0 Å². The first-order chi connectivity index (χ1) is 14.4. The minimum atomic E-state index is -4.91. The molecule has 0 fully saturated rings. The number of methoxy groups -OCH3 is 1. The van der Waals surface area contributed by atoms with Gasteiger partial charge >= 0.3 is 12.1 Å². The zero-order chi connectivity index (χ0) is 23.6. The molecule has 0 bridgehead atoms. The van der Waals surface area contributed by atoms with Crippen LogP contribution < -0.4 is 5.32 Å². The van der Waals surface area contributed by atoms with E-state index in [1.54, 1.807) is 20.8 Å². The Bertz CT molecular complexity index is 972. The first-order valence-corrected chi connectivity index (χ1v) is 9.56. The van der Waals surface area contributed by atoms with Gasteiger partial charge in [0.15, 0.2) is 0 Å². The predicted molar refractivity (Wildman–Crippen MR) is 105 cm³/mol. The number of nitrogens with one attached hydrogen (secondary N) is 1. The smallest absolute Gasteiger partial charge is 0.416 e. The van der Waals surface area contributed by atoms with Gasteiger partial charge in [0, 0.05) is 12.8 Å². The maximum atomic E-state index is 13.8. The third-order valence-electron chi connectivity index (χ3n) is 5.13. The lowest BCUT2D eigenvalue weighted by atomic mass is 9.78. The fraction of sp³-hybridized carbons (Fsp3) is 0.455. The van der Waals surface area contributed by atoms with E-state index >= 15 is 0 Å². The molecule has 0 saturated heterocycles. The van der Waals surface area contributed by atoms with Crippen LogP contribution >= 0.6 is 0 Å². The van der Waals surface area contributed by atoms with Crippen molar-refractivity contribution in [3.05, 3.63) is 57.7 Å². The molecule has 0 aliphatic carbocycles. The van der Waals surface area contributed by atoms with Crippen molar-refractivity contribution in [2.75, 3.05) is 13.7 Å². The number of carbonyl (C=O) groups is 1. The Balaban J connectivity index is 2.82. The number of allylic oxidation sites excluding steroid dienone is 2. The Morgan fingerprint density at radius 2 is 1.94 bits per heavy atom. The van der Waals surface area contributed by atoms with Crippen molar-refractivity contribution in [3.63, 3.8) is 0 Å². The highest BCUT2D eigenvalue weighted by molar-refractivity contribution is 5.93. The van der Waals surface area contributed by atoms with Crippen molar-refractivity contribution in [2.45, 2.75) is 51.8 Å². The first-order valence-electron chi connectivity index (χ1n) is 9.56. The molecule has 1 atom stereocenters. The Labute approximate surface area is 178 Å². The zero-order valence-corrected chi connectivity index (χ0v) is 17.9. The average molecular weight is 440 g/mol.